The Morgan fingerprint density at radius 3 is 2.53 bits per heavy atom. The van der Waals surface area contributed by atoms with E-state index < -0.39 is 5.54 Å². The van der Waals surface area contributed by atoms with Crippen molar-refractivity contribution >= 4 is 33.3 Å². The Labute approximate surface area is 179 Å². The van der Waals surface area contributed by atoms with Gasteiger partial charge in [-0.1, -0.05) is 18.3 Å². The number of benzene rings is 1. The number of hydrogen-bond donors (Lipinski definition) is 2. The zero-order valence-electron chi connectivity index (χ0n) is 17.5. The Morgan fingerprint density at radius 2 is 1.90 bits per heavy atom. The van der Waals surface area contributed by atoms with Crippen molar-refractivity contribution in [3.05, 3.63) is 30.1 Å². The molecule has 1 aromatic heterocycles. The fraction of sp³-hybridized carbons (Fsp3) is 0.476. The van der Waals surface area contributed by atoms with Gasteiger partial charge in [-0.3, -0.25) is 14.9 Å². The molecule has 0 saturated carbocycles. The average molecular weight is 435 g/mol. The van der Waals surface area contributed by atoms with Gasteiger partial charge in [0.1, 0.15) is 22.1 Å². The predicted molar refractivity (Wildman–Crippen MR) is 116 cm³/mol. The van der Waals surface area contributed by atoms with Gasteiger partial charge < -0.3 is 15.0 Å². The predicted octanol–water partition coefficient (Wildman–Crippen LogP) is 3.42. The molecule has 9 heteroatoms. The van der Waals surface area contributed by atoms with Crippen LogP contribution in [0.25, 0.3) is 11.3 Å². The number of rotatable bonds is 7. The third kappa shape index (κ3) is 5.34. The second-order valence-electron chi connectivity index (χ2n) is 7.66. The second-order valence-corrected chi connectivity index (χ2v) is 8.63. The van der Waals surface area contributed by atoms with Crippen LogP contribution in [0.4, 0.5) is 14.5 Å². The molecule has 2 amide bonds. The van der Waals surface area contributed by atoms with Crippen LogP contribution in [0.3, 0.4) is 0 Å². The number of anilines is 2. The first-order chi connectivity index (χ1) is 14.3. The van der Waals surface area contributed by atoms with E-state index >= 15 is 0 Å². The molecule has 0 spiro atoms. The highest BCUT2D eigenvalue weighted by molar-refractivity contribution is 7.20. The number of morpholine rings is 1. The van der Waals surface area contributed by atoms with E-state index in [1.807, 2.05) is 6.92 Å². The Morgan fingerprint density at radius 1 is 1.23 bits per heavy atom. The summed E-state index contributed by atoms with van der Waals surface area (Å²) in [5.74, 6) is -0.835. The van der Waals surface area contributed by atoms with Crippen LogP contribution in [-0.2, 0) is 14.3 Å². The zero-order chi connectivity index (χ0) is 21.7. The highest BCUT2D eigenvalue weighted by Gasteiger charge is 2.31. The highest BCUT2D eigenvalue weighted by Crippen LogP contribution is 2.39. The lowest BCUT2D eigenvalue weighted by atomic mass is 10.0. The molecule has 3 rings (SSSR count). The van der Waals surface area contributed by atoms with Crippen LogP contribution < -0.4 is 15.5 Å². The fourth-order valence-corrected chi connectivity index (χ4v) is 4.13. The number of halogens is 1. The molecular weight excluding hydrogens is 407 g/mol. The van der Waals surface area contributed by atoms with Gasteiger partial charge in [0.15, 0.2) is 5.13 Å². The smallest absolute Gasteiger partial charge is 0.251 e. The third-order valence-electron chi connectivity index (χ3n) is 4.74. The number of ether oxygens (including phenoxy) is 1. The van der Waals surface area contributed by atoms with Crippen LogP contribution in [0.2, 0.25) is 0 Å². The summed E-state index contributed by atoms with van der Waals surface area (Å²) in [4.78, 5) is 31.5. The highest BCUT2D eigenvalue weighted by atomic mass is 32.1. The van der Waals surface area contributed by atoms with Crippen molar-refractivity contribution in [2.24, 2.45) is 0 Å². The summed E-state index contributed by atoms with van der Waals surface area (Å²) in [6.45, 7) is 7.87. The number of carbonyl (C=O) groups is 2. The SMILES string of the molecule is CCCC(=O)NC(C)(C)C(=O)Nc1nc(-c2ccc(F)cc2)c(N2CCOCC2)s1. The van der Waals surface area contributed by atoms with Crippen LogP contribution in [0.1, 0.15) is 33.6 Å². The topological polar surface area (TPSA) is 83.6 Å². The third-order valence-corrected chi connectivity index (χ3v) is 5.77. The van der Waals surface area contributed by atoms with Gasteiger partial charge in [-0.15, -0.1) is 0 Å². The van der Waals surface area contributed by atoms with E-state index in [0.717, 1.165) is 10.6 Å². The first-order valence-corrected chi connectivity index (χ1v) is 10.8. The summed E-state index contributed by atoms with van der Waals surface area (Å²) in [5, 5.41) is 6.92. The first kappa shape index (κ1) is 22.2. The Hall–Kier alpha value is -2.52. The Kier molecular flexibility index (Phi) is 7.04. The van der Waals surface area contributed by atoms with E-state index in [1.54, 1.807) is 26.0 Å². The van der Waals surface area contributed by atoms with E-state index in [0.29, 0.717) is 50.0 Å². The van der Waals surface area contributed by atoms with Gasteiger partial charge in [0, 0.05) is 25.1 Å². The number of aromatic nitrogens is 1. The number of hydrogen-bond acceptors (Lipinski definition) is 6. The molecule has 0 atom stereocenters. The first-order valence-electron chi connectivity index (χ1n) is 10.0. The van der Waals surface area contributed by atoms with Crippen LogP contribution in [0.15, 0.2) is 24.3 Å². The molecule has 2 heterocycles. The lowest BCUT2D eigenvalue weighted by molar-refractivity contribution is -0.129. The molecule has 2 aromatic rings. The molecule has 0 unspecified atom stereocenters. The monoisotopic (exact) mass is 434 g/mol. The molecule has 30 heavy (non-hydrogen) atoms. The number of thiazole rings is 1. The van der Waals surface area contributed by atoms with Gasteiger partial charge in [0.25, 0.3) is 5.91 Å². The van der Waals surface area contributed by atoms with Crippen LogP contribution >= 0.6 is 11.3 Å². The maximum absolute atomic E-state index is 13.4. The molecule has 1 fully saturated rings. The minimum absolute atomic E-state index is 0.169. The maximum Gasteiger partial charge on any atom is 0.251 e. The quantitative estimate of drug-likeness (QED) is 0.698. The second kappa shape index (κ2) is 9.53. The van der Waals surface area contributed by atoms with Gasteiger partial charge in [0.05, 0.1) is 13.2 Å². The molecule has 0 aliphatic carbocycles. The maximum atomic E-state index is 13.4. The molecule has 0 bridgehead atoms. The number of carbonyl (C=O) groups excluding carboxylic acids is 2. The van der Waals surface area contributed by atoms with E-state index in [9.17, 15) is 14.0 Å². The van der Waals surface area contributed by atoms with E-state index in [-0.39, 0.29) is 17.6 Å². The van der Waals surface area contributed by atoms with Crippen LogP contribution in [-0.4, -0.2) is 48.6 Å². The molecule has 162 valence electrons. The summed E-state index contributed by atoms with van der Waals surface area (Å²) >= 11 is 1.36. The zero-order valence-corrected chi connectivity index (χ0v) is 18.3. The van der Waals surface area contributed by atoms with Gasteiger partial charge in [-0.2, -0.15) is 0 Å². The summed E-state index contributed by atoms with van der Waals surface area (Å²) in [6, 6.07) is 6.13. The molecular formula is C21H27FN4O3S. The van der Waals surface area contributed by atoms with Crippen molar-refractivity contribution in [1.29, 1.82) is 0 Å². The largest absolute Gasteiger partial charge is 0.378 e. The number of nitrogens with one attached hydrogen (secondary N) is 2. The summed E-state index contributed by atoms with van der Waals surface area (Å²) in [6.07, 6.45) is 1.07. The minimum Gasteiger partial charge on any atom is -0.378 e. The fourth-order valence-electron chi connectivity index (χ4n) is 3.09. The van der Waals surface area contributed by atoms with E-state index in [4.69, 9.17) is 4.74 Å². The lowest BCUT2D eigenvalue weighted by Crippen LogP contribution is -2.52. The normalized spacial score (nSPS) is 14.5. The van der Waals surface area contributed by atoms with Crippen LogP contribution in [0, 0.1) is 5.82 Å². The van der Waals surface area contributed by atoms with Gasteiger partial charge in [-0.25, -0.2) is 9.37 Å². The van der Waals surface area contributed by atoms with Crippen LogP contribution in [0.5, 0.6) is 0 Å². The standard InChI is InChI=1S/C21H27FN4O3S/c1-4-5-16(27)25-21(2,3)19(28)24-20-23-17(14-6-8-15(22)9-7-14)18(30-20)26-10-12-29-13-11-26/h6-9H,4-5,10-13H2,1-3H3,(H,25,27)(H,23,24,28). The molecule has 0 radical (unpaired) electrons. The molecule has 2 N–H and O–H groups in total. The Bertz CT molecular complexity index is 892. The lowest BCUT2D eigenvalue weighted by Gasteiger charge is -2.28. The molecule has 1 aliphatic rings. The van der Waals surface area contributed by atoms with Crippen molar-refractivity contribution in [3.8, 4) is 11.3 Å². The summed E-state index contributed by atoms with van der Waals surface area (Å²) in [5.41, 5.74) is 0.378. The van der Waals surface area contributed by atoms with Gasteiger partial charge in [0.2, 0.25) is 5.91 Å². The molecule has 7 nitrogen and oxygen atoms in total. The van der Waals surface area contributed by atoms with Gasteiger partial charge in [-0.05, 0) is 44.5 Å². The van der Waals surface area contributed by atoms with Crippen molar-refractivity contribution < 1.29 is 18.7 Å². The minimum atomic E-state index is -1.08. The van der Waals surface area contributed by atoms with Crippen molar-refractivity contribution in [1.82, 2.24) is 10.3 Å². The van der Waals surface area contributed by atoms with Crippen molar-refractivity contribution in [2.45, 2.75) is 39.2 Å². The summed E-state index contributed by atoms with van der Waals surface area (Å²) in [7, 11) is 0. The number of amides is 2. The summed E-state index contributed by atoms with van der Waals surface area (Å²) < 4.78 is 18.8. The molecule has 1 aromatic carbocycles. The van der Waals surface area contributed by atoms with E-state index in [2.05, 4.69) is 20.5 Å². The van der Waals surface area contributed by atoms with Gasteiger partial charge >= 0.3 is 0 Å². The van der Waals surface area contributed by atoms with Crippen molar-refractivity contribution in [3.63, 3.8) is 0 Å². The number of nitrogens with zero attached hydrogens (tertiary/aromatic N) is 2. The average Bonchev–Trinajstić information content (AvgIpc) is 3.12. The molecule has 1 saturated heterocycles. The van der Waals surface area contributed by atoms with Crippen molar-refractivity contribution in [2.75, 3.05) is 36.5 Å². The van der Waals surface area contributed by atoms with E-state index in [1.165, 1.54) is 23.5 Å². The molecule has 1 aliphatic heterocycles. The Balaban J connectivity index is 1.85.